The number of nitrogens with zero attached hydrogens (tertiary/aromatic N) is 1. The van der Waals surface area contributed by atoms with Gasteiger partial charge in [0.25, 0.3) is 0 Å². The Kier molecular flexibility index (Phi) is 3.89. The van der Waals surface area contributed by atoms with Crippen LogP contribution in [0, 0.1) is 0 Å². The molecule has 1 unspecified atom stereocenters. The van der Waals surface area contributed by atoms with Crippen molar-refractivity contribution in [3.05, 3.63) is 22.9 Å². The van der Waals surface area contributed by atoms with Crippen LogP contribution in [0.15, 0.2) is 27.8 Å². The van der Waals surface area contributed by atoms with E-state index in [2.05, 4.69) is 25.6 Å². The van der Waals surface area contributed by atoms with Crippen molar-refractivity contribution in [2.24, 2.45) is 0 Å². The minimum absolute atomic E-state index is 0.0500. The zero-order valence-corrected chi connectivity index (χ0v) is 11.6. The number of thioether (sulfide) groups is 1. The van der Waals surface area contributed by atoms with Crippen molar-refractivity contribution in [2.75, 3.05) is 11.5 Å². The molecule has 7 heteroatoms. The molecule has 1 fully saturated rings. The van der Waals surface area contributed by atoms with Crippen LogP contribution in [0.25, 0.3) is 0 Å². The average Bonchev–Trinajstić information content (AvgIpc) is 2.70. The topological polar surface area (TPSA) is 59.1 Å². The molecule has 0 bridgehead atoms. The van der Waals surface area contributed by atoms with E-state index in [1.54, 1.807) is 24.0 Å². The van der Waals surface area contributed by atoms with Crippen molar-refractivity contribution in [1.82, 2.24) is 9.71 Å². The molecule has 1 aromatic rings. The van der Waals surface area contributed by atoms with E-state index in [0.29, 0.717) is 4.47 Å². The van der Waals surface area contributed by atoms with Gasteiger partial charge < -0.3 is 0 Å². The van der Waals surface area contributed by atoms with Gasteiger partial charge >= 0.3 is 0 Å². The minimum atomic E-state index is -3.42. The fourth-order valence-electron chi connectivity index (χ4n) is 1.45. The second kappa shape index (κ2) is 5.03. The highest BCUT2D eigenvalue weighted by Gasteiger charge is 2.23. The highest BCUT2D eigenvalue weighted by molar-refractivity contribution is 9.10. The Morgan fingerprint density at radius 1 is 1.50 bits per heavy atom. The first-order chi connectivity index (χ1) is 7.58. The molecule has 0 radical (unpaired) electrons. The standard InChI is InChI=1S/C9H11BrN2O2S2/c10-7-3-9(5-11-4-7)16(13,14)12-8-1-2-15-6-8/h3-5,8,12H,1-2,6H2. The van der Waals surface area contributed by atoms with Crippen molar-refractivity contribution in [3.8, 4) is 0 Å². The fourth-order valence-corrected chi connectivity index (χ4v) is 4.49. The quantitative estimate of drug-likeness (QED) is 0.918. The number of nitrogens with one attached hydrogen (secondary N) is 1. The summed E-state index contributed by atoms with van der Waals surface area (Å²) in [6, 6.07) is 1.60. The van der Waals surface area contributed by atoms with Crippen molar-refractivity contribution in [2.45, 2.75) is 17.4 Å². The fraction of sp³-hybridized carbons (Fsp3) is 0.444. The zero-order chi connectivity index (χ0) is 11.6. The monoisotopic (exact) mass is 322 g/mol. The first-order valence-corrected chi connectivity index (χ1v) is 8.22. The molecule has 1 aromatic heterocycles. The first kappa shape index (κ1) is 12.3. The Hall–Kier alpha value is -0.110. The Labute approximate surface area is 107 Å². The lowest BCUT2D eigenvalue weighted by Gasteiger charge is -2.11. The van der Waals surface area contributed by atoms with Crippen molar-refractivity contribution >= 4 is 37.7 Å². The smallest absolute Gasteiger partial charge is 0.242 e. The molecule has 0 spiro atoms. The SMILES string of the molecule is O=S(=O)(NC1CCSC1)c1cncc(Br)c1. The van der Waals surface area contributed by atoms with Gasteiger partial charge in [-0.15, -0.1) is 0 Å². The number of rotatable bonds is 3. The van der Waals surface area contributed by atoms with E-state index in [-0.39, 0.29) is 10.9 Å². The number of halogens is 1. The van der Waals surface area contributed by atoms with Gasteiger partial charge in [-0.2, -0.15) is 11.8 Å². The van der Waals surface area contributed by atoms with Gasteiger partial charge in [-0.05, 0) is 34.2 Å². The van der Waals surface area contributed by atoms with E-state index in [0.717, 1.165) is 17.9 Å². The number of hydrogen-bond acceptors (Lipinski definition) is 4. The molecule has 1 saturated heterocycles. The summed E-state index contributed by atoms with van der Waals surface area (Å²) in [5.74, 6) is 1.87. The third-order valence-corrected chi connectivity index (χ3v) is 5.33. The number of sulfonamides is 1. The van der Waals surface area contributed by atoms with Crippen LogP contribution in [0.5, 0.6) is 0 Å². The molecular weight excluding hydrogens is 312 g/mol. The molecule has 1 atom stereocenters. The highest BCUT2D eigenvalue weighted by Crippen LogP contribution is 2.20. The van der Waals surface area contributed by atoms with Gasteiger partial charge in [0, 0.05) is 28.7 Å². The Morgan fingerprint density at radius 2 is 2.31 bits per heavy atom. The molecule has 4 nitrogen and oxygen atoms in total. The van der Waals surface area contributed by atoms with E-state index in [4.69, 9.17) is 0 Å². The number of aromatic nitrogens is 1. The van der Waals surface area contributed by atoms with Crippen LogP contribution in [0.1, 0.15) is 6.42 Å². The van der Waals surface area contributed by atoms with Crippen LogP contribution in [0.4, 0.5) is 0 Å². The van der Waals surface area contributed by atoms with Crippen LogP contribution < -0.4 is 4.72 Å². The van der Waals surface area contributed by atoms with Gasteiger partial charge in [0.2, 0.25) is 10.0 Å². The van der Waals surface area contributed by atoms with Gasteiger partial charge in [0.15, 0.2) is 0 Å². The van der Waals surface area contributed by atoms with Crippen LogP contribution in [0.2, 0.25) is 0 Å². The average molecular weight is 323 g/mol. The molecule has 1 aliphatic heterocycles. The summed E-state index contributed by atoms with van der Waals surface area (Å²) in [5.41, 5.74) is 0. The number of hydrogen-bond donors (Lipinski definition) is 1. The summed E-state index contributed by atoms with van der Waals surface area (Å²) < 4.78 is 27.3. The summed E-state index contributed by atoms with van der Waals surface area (Å²) >= 11 is 4.98. The summed E-state index contributed by atoms with van der Waals surface area (Å²) in [4.78, 5) is 4.06. The van der Waals surface area contributed by atoms with Gasteiger partial charge in [0.1, 0.15) is 4.90 Å². The molecule has 88 valence electrons. The maximum absolute atomic E-state index is 12.0. The third-order valence-electron chi connectivity index (χ3n) is 2.24. The Bertz CT molecular complexity index is 472. The normalized spacial score (nSPS) is 21.2. The lowest BCUT2D eigenvalue weighted by Crippen LogP contribution is -2.34. The molecule has 1 N–H and O–H groups in total. The summed E-state index contributed by atoms with van der Waals surface area (Å²) in [7, 11) is -3.42. The van der Waals surface area contributed by atoms with Crippen LogP contribution >= 0.6 is 27.7 Å². The maximum atomic E-state index is 12.0. The first-order valence-electron chi connectivity index (χ1n) is 4.78. The number of pyridine rings is 1. The highest BCUT2D eigenvalue weighted by atomic mass is 79.9. The second-order valence-electron chi connectivity index (χ2n) is 3.52. The summed E-state index contributed by atoms with van der Waals surface area (Å²) in [6.45, 7) is 0. The van der Waals surface area contributed by atoms with E-state index >= 15 is 0 Å². The van der Waals surface area contributed by atoms with E-state index in [1.807, 2.05) is 0 Å². The molecule has 16 heavy (non-hydrogen) atoms. The second-order valence-corrected chi connectivity index (χ2v) is 7.30. The largest absolute Gasteiger partial charge is 0.262 e. The maximum Gasteiger partial charge on any atom is 0.242 e. The van der Waals surface area contributed by atoms with Crippen molar-refractivity contribution in [3.63, 3.8) is 0 Å². The summed E-state index contributed by atoms with van der Waals surface area (Å²) in [5, 5.41) is 0. The van der Waals surface area contributed by atoms with Crippen LogP contribution in [-0.2, 0) is 10.0 Å². The third kappa shape index (κ3) is 2.97. The molecule has 0 aromatic carbocycles. The van der Waals surface area contributed by atoms with Crippen LogP contribution in [0.3, 0.4) is 0 Å². The molecule has 2 heterocycles. The zero-order valence-electron chi connectivity index (χ0n) is 8.39. The lowest BCUT2D eigenvalue weighted by atomic mass is 10.3. The van der Waals surface area contributed by atoms with E-state index in [1.165, 1.54) is 6.20 Å². The molecule has 0 aliphatic carbocycles. The molecular formula is C9H11BrN2O2S2. The molecule has 2 rings (SSSR count). The summed E-state index contributed by atoms with van der Waals surface area (Å²) in [6.07, 6.45) is 3.81. The van der Waals surface area contributed by atoms with Gasteiger partial charge in [0.05, 0.1) is 0 Å². The minimum Gasteiger partial charge on any atom is -0.262 e. The van der Waals surface area contributed by atoms with Crippen LogP contribution in [-0.4, -0.2) is 30.9 Å². The predicted octanol–water partition coefficient (Wildman–Crippen LogP) is 1.63. The van der Waals surface area contributed by atoms with Crippen molar-refractivity contribution in [1.29, 1.82) is 0 Å². The predicted molar refractivity (Wildman–Crippen MR) is 68.0 cm³/mol. The van der Waals surface area contributed by atoms with Gasteiger partial charge in [-0.25, -0.2) is 13.1 Å². The van der Waals surface area contributed by atoms with E-state index < -0.39 is 10.0 Å². The molecule has 1 aliphatic rings. The van der Waals surface area contributed by atoms with Gasteiger partial charge in [-0.1, -0.05) is 0 Å². The van der Waals surface area contributed by atoms with E-state index in [9.17, 15) is 8.42 Å². The Balaban J connectivity index is 2.18. The van der Waals surface area contributed by atoms with Crippen molar-refractivity contribution < 1.29 is 8.42 Å². The Morgan fingerprint density at radius 3 is 2.94 bits per heavy atom. The van der Waals surface area contributed by atoms with Gasteiger partial charge in [-0.3, -0.25) is 4.98 Å². The molecule has 0 amide bonds. The lowest BCUT2D eigenvalue weighted by molar-refractivity contribution is 0.562. The molecule has 0 saturated carbocycles.